The van der Waals surface area contributed by atoms with Gasteiger partial charge in [0.2, 0.25) is 0 Å². The molecule has 0 saturated heterocycles. The van der Waals surface area contributed by atoms with Crippen molar-refractivity contribution in [1.29, 1.82) is 5.26 Å². The van der Waals surface area contributed by atoms with E-state index < -0.39 is 29.1 Å². The molecule has 130 valence electrons. The van der Waals surface area contributed by atoms with Gasteiger partial charge < -0.3 is 10.1 Å². The van der Waals surface area contributed by atoms with Crippen molar-refractivity contribution >= 4 is 17.3 Å². The first-order valence-corrected chi connectivity index (χ1v) is 6.94. The van der Waals surface area contributed by atoms with Crippen molar-refractivity contribution in [3.8, 4) is 6.07 Å². The van der Waals surface area contributed by atoms with Crippen molar-refractivity contribution in [3.05, 3.63) is 58.4 Å². The molecule has 0 aromatic heterocycles. The molecule has 0 bridgehead atoms. The van der Waals surface area contributed by atoms with Gasteiger partial charge >= 0.3 is 12.1 Å². The number of hydrogen-bond donors (Lipinski definition) is 1. The Hall–Kier alpha value is -3.08. The molecule has 0 amide bonds. The highest BCUT2D eigenvalue weighted by Gasteiger charge is 2.35. The molecule has 0 spiro atoms. The number of carbonyl (C=O) groups is 1. The Balaban J connectivity index is 2.65. The second kappa shape index (κ2) is 6.81. The van der Waals surface area contributed by atoms with Crippen molar-refractivity contribution in [2.75, 3.05) is 12.4 Å². The Morgan fingerprint density at radius 1 is 1.20 bits per heavy atom. The number of aryl methyl sites for hydroxylation is 1. The maximum atomic E-state index is 13.2. The van der Waals surface area contributed by atoms with Crippen LogP contribution in [0.25, 0.3) is 0 Å². The maximum Gasteiger partial charge on any atom is 0.417 e. The van der Waals surface area contributed by atoms with Crippen LogP contribution in [0.4, 0.5) is 28.9 Å². The summed E-state index contributed by atoms with van der Waals surface area (Å²) in [5, 5.41) is 11.6. The third kappa shape index (κ3) is 3.88. The third-order valence-corrected chi connectivity index (χ3v) is 3.45. The largest absolute Gasteiger partial charge is 0.465 e. The molecule has 2 aromatic rings. The van der Waals surface area contributed by atoms with E-state index in [1.165, 1.54) is 18.2 Å². The molecule has 0 fully saturated rings. The van der Waals surface area contributed by atoms with Crippen LogP contribution in [0.5, 0.6) is 0 Å². The van der Waals surface area contributed by atoms with Gasteiger partial charge in [-0.15, -0.1) is 0 Å². The second-order valence-electron chi connectivity index (χ2n) is 5.13. The number of hydrogen-bond acceptors (Lipinski definition) is 4. The number of nitrogens with zero attached hydrogens (tertiary/aromatic N) is 1. The van der Waals surface area contributed by atoms with E-state index in [0.717, 1.165) is 19.2 Å². The van der Waals surface area contributed by atoms with E-state index >= 15 is 0 Å². The average Bonchev–Trinajstić information content (AvgIpc) is 2.55. The Morgan fingerprint density at radius 2 is 1.88 bits per heavy atom. The summed E-state index contributed by atoms with van der Waals surface area (Å²) >= 11 is 0. The van der Waals surface area contributed by atoms with Gasteiger partial charge in [0, 0.05) is 5.69 Å². The molecule has 4 nitrogen and oxygen atoms in total. The van der Waals surface area contributed by atoms with E-state index in [-0.39, 0.29) is 11.3 Å². The number of nitriles is 1. The van der Waals surface area contributed by atoms with Crippen molar-refractivity contribution in [2.24, 2.45) is 0 Å². The molecule has 0 aliphatic carbocycles. The lowest BCUT2D eigenvalue weighted by atomic mass is 10.0. The molecule has 2 aromatic carbocycles. The zero-order valence-corrected chi connectivity index (χ0v) is 13.2. The van der Waals surface area contributed by atoms with Crippen LogP contribution in [0.3, 0.4) is 0 Å². The van der Waals surface area contributed by atoms with Gasteiger partial charge in [-0.2, -0.15) is 18.4 Å². The third-order valence-electron chi connectivity index (χ3n) is 3.45. The predicted octanol–water partition coefficient (Wildman–Crippen LogP) is 4.55. The molecule has 0 aliphatic rings. The summed E-state index contributed by atoms with van der Waals surface area (Å²) in [4.78, 5) is 11.9. The minimum atomic E-state index is -4.78. The van der Waals surface area contributed by atoms with Gasteiger partial charge in [0.15, 0.2) is 0 Å². The van der Waals surface area contributed by atoms with Crippen molar-refractivity contribution in [2.45, 2.75) is 13.1 Å². The molecule has 0 aliphatic heterocycles. The van der Waals surface area contributed by atoms with Gasteiger partial charge in [-0.1, -0.05) is 0 Å². The number of alkyl halides is 3. The van der Waals surface area contributed by atoms with Crippen LogP contribution in [0.15, 0.2) is 30.3 Å². The number of benzene rings is 2. The Bertz CT molecular complexity index is 870. The van der Waals surface area contributed by atoms with E-state index in [1.807, 2.05) is 0 Å². The van der Waals surface area contributed by atoms with Crippen molar-refractivity contribution < 1.29 is 27.1 Å². The summed E-state index contributed by atoms with van der Waals surface area (Å²) in [7, 11) is 1.07. The highest BCUT2D eigenvalue weighted by Crippen LogP contribution is 2.36. The van der Waals surface area contributed by atoms with E-state index in [0.29, 0.717) is 17.3 Å². The maximum absolute atomic E-state index is 13.2. The summed E-state index contributed by atoms with van der Waals surface area (Å²) in [6.07, 6.45) is -4.78. The topological polar surface area (TPSA) is 62.1 Å². The summed E-state index contributed by atoms with van der Waals surface area (Å²) in [6.45, 7) is 1.55. The van der Waals surface area contributed by atoms with E-state index in [2.05, 4.69) is 10.1 Å². The number of halogens is 4. The van der Waals surface area contributed by atoms with Crippen LogP contribution in [-0.2, 0) is 10.9 Å². The molecule has 2 rings (SSSR count). The van der Waals surface area contributed by atoms with Crippen LogP contribution >= 0.6 is 0 Å². The van der Waals surface area contributed by atoms with Gasteiger partial charge in [-0.3, -0.25) is 0 Å². The van der Waals surface area contributed by atoms with Crippen LogP contribution in [0.2, 0.25) is 0 Å². The number of carbonyl (C=O) groups excluding carboxylic acids is 1. The molecule has 0 atom stereocenters. The van der Waals surface area contributed by atoms with Crippen LogP contribution in [0, 0.1) is 24.1 Å². The molecule has 25 heavy (non-hydrogen) atoms. The second-order valence-corrected chi connectivity index (χ2v) is 5.13. The zero-order chi connectivity index (χ0) is 18.8. The minimum Gasteiger partial charge on any atom is -0.465 e. The highest BCUT2D eigenvalue weighted by molar-refractivity contribution is 5.97. The summed E-state index contributed by atoms with van der Waals surface area (Å²) in [6, 6.07) is 6.55. The first-order chi connectivity index (χ1) is 11.7. The number of anilines is 2. The summed E-state index contributed by atoms with van der Waals surface area (Å²) < 4.78 is 57.2. The molecular formula is C17H12F4N2O2. The SMILES string of the molecule is COC(=O)c1cc(C#N)c(C(F)(F)F)cc1Nc1ccc(F)cc1C. The lowest BCUT2D eigenvalue weighted by molar-refractivity contribution is -0.137. The van der Waals surface area contributed by atoms with E-state index in [1.54, 1.807) is 6.92 Å². The van der Waals surface area contributed by atoms with Gasteiger partial charge in [-0.05, 0) is 42.8 Å². The lowest BCUT2D eigenvalue weighted by Gasteiger charge is -2.17. The first kappa shape index (κ1) is 18.3. The van der Waals surface area contributed by atoms with Gasteiger partial charge in [0.25, 0.3) is 0 Å². The molecule has 0 heterocycles. The van der Waals surface area contributed by atoms with Gasteiger partial charge in [0.05, 0.1) is 35.6 Å². The lowest BCUT2D eigenvalue weighted by Crippen LogP contribution is -2.13. The average molecular weight is 352 g/mol. The van der Waals surface area contributed by atoms with Crippen molar-refractivity contribution in [3.63, 3.8) is 0 Å². The van der Waals surface area contributed by atoms with Gasteiger partial charge in [-0.25, -0.2) is 9.18 Å². The monoisotopic (exact) mass is 352 g/mol. The zero-order valence-electron chi connectivity index (χ0n) is 13.2. The standard InChI is InChI=1S/C17H12F4N2O2/c1-9-5-11(18)3-4-14(9)23-15-7-13(17(19,20)21)10(8-22)6-12(15)16(24)25-2/h3-7,23H,1-2H3. The van der Waals surface area contributed by atoms with Crippen LogP contribution in [-0.4, -0.2) is 13.1 Å². The fraction of sp³-hybridized carbons (Fsp3) is 0.176. The van der Waals surface area contributed by atoms with E-state index in [9.17, 15) is 22.4 Å². The first-order valence-electron chi connectivity index (χ1n) is 6.94. The van der Waals surface area contributed by atoms with Crippen LogP contribution in [0.1, 0.15) is 27.0 Å². The van der Waals surface area contributed by atoms with E-state index in [4.69, 9.17) is 5.26 Å². The number of esters is 1. The number of ether oxygens (including phenoxy) is 1. The molecule has 8 heteroatoms. The number of nitrogens with one attached hydrogen (secondary N) is 1. The summed E-state index contributed by atoms with van der Waals surface area (Å²) in [5.74, 6) is -1.42. The van der Waals surface area contributed by atoms with Crippen molar-refractivity contribution in [1.82, 2.24) is 0 Å². The highest BCUT2D eigenvalue weighted by atomic mass is 19.4. The molecule has 0 saturated carbocycles. The van der Waals surface area contributed by atoms with Crippen LogP contribution < -0.4 is 5.32 Å². The Kier molecular flexibility index (Phi) is 4.97. The quantitative estimate of drug-likeness (QED) is 0.650. The minimum absolute atomic E-state index is 0.201. The number of rotatable bonds is 3. The smallest absolute Gasteiger partial charge is 0.417 e. The fourth-order valence-corrected chi connectivity index (χ4v) is 2.22. The molecular weight excluding hydrogens is 340 g/mol. The molecule has 0 radical (unpaired) electrons. The normalized spacial score (nSPS) is 10.9. The molecule has 0 unspecified atom stereocenters. The fourth-order valence-electron chi connectivity index (χ4n) is 2.22. The van der Waals surface area contributed by atoms with Gasteiger partial charge in [0.1, 0.15) is 5.82 Å². The Labute approximate surface area is 140 Å². The predicted molar refractivity (Wildman–Crippen MR) is 81.9 cm³/mol. The summed E-state index contributed by atoms with van der Waals surface area (Å²) in [5.41, 5.74) is -1.60. The Morgan fingerprint density at radius 3 is 2.40 bits per heavy atom. The number of methoxy groups -OCH3 is 1. The molecule has 1 N–H and O–H groups in total.